The zero-order valence-corrected chi connectivity index (χ0v) is 12.4. The van der Waals surface area contributed by atoms with Gasteiger partial charge in [0.05, 0.1) is 6.07 Å². The molecule has 0 bridgehead atoms. The topological polar surface area (TPSA) is 70.0 Å². The number of unbranched alkanes of at least 4 members (excludes halogenated alkanes) is 5. The molecule has 0 fully saturated rings. The van der Waals surface area contributed by atoms with Crippen LogP contribution in [0.2, 0.25) is 0 Å². The number of nitrogens with zero attached hydrogens (tertiary/aromatic N) is 1. The molecule has 4 nitrogen and oxygen atoms in total. The molecule has 0 aromatic carbocycles. The molecular weight excluding hydrogens is 248 g/mol. The second-order valence-electron chi connectivity index (χ2n) is 4.61. The molecule has 18 heavy (non-hydrogen) atoms. The Bertz CT molecular complexity index is 333. The Balaban J connectivity index is 4.03. The largest absolute Gasteiger partial charge is 0.227 e. The summed E-state index contributed by atoms with van der Waals surface area (Å²) >= 11 is 0. The van der Waals surface area contributed by atoms with Crippen molar-refractivity contribution >= 4 is 10.0 Å². The molecule has 0 spiro atoms. The molecule has 0 heterocycles. The van der Waals surface area contributed by atoms with Crippen LogP contribution in [0, 0.1) is 11.3 Å². The fourth-order valence-corrected chi connectivity index (χ4v) is 2.98. The number of nitrogens with one attached hydrogen (secondary N) is 1. The Morgan fingerprint density at radius 2 is 1.67 bits per heavy atom. The summed E-state index contributed by atoms with van der Waals surface area (Å²) < 4.78 is 26.3. The first-order valence-electron chi connectivity index (χ1n) is 6.96. The summed E-state index contributed by atoms with van der Waals surface area (Å²) in [5, 5.41) is 8.04. The average Bonchev–Trinajstić information content (AvgIpc) is 2.34. The number of rotatable bonds is 11. The third-order valence-electron chi connectivity index (χ3n) is 2.92. The van der Waals surface area contributed by atoms with E-state index in [1.165, 1.54) is 0 Å². The molecule has 0 amide bonds. The molecule has 1 atom stereocenters. The Kier molecular flexibility index (Phi) is 9.99. The lowest BCUT2D eigenvalue weighted by molar-refractivity contribution is 0.557. The van der Waals surface area contributed by atoms with Crippen LogP contribution >= 0.6 is 0 Å². The van der Waals surface area contributed by atoms with E-state index >= 15 is 0 Å². The van der Waals surface area contributed by atoms with E-state index in [0.717, 1.165) is 44.9 Å². The van der Waals surface area contributed by atoms with Crippen molar-refractivity contribution in [3.63, 3.8) is 0 Å². The summed E-state index contributed by atoms with van der Waals surface area (Å²) in [5.74, 6) is 0. The minimum absolute atomic E-state index is 0.439. The van der Waals surface area contributed by atoms with Crippen molar-refractivity contribution in [3.8, 4) is 6.07 Å². The number of hydrogen-bond donors (Lipinski definition) is 1. The third-order valence-corrected chi connectivity index (χ3v) is 4.62. The summed E-state index contributed by atoms with van der Waals surface area (Å²) in [6, 6.07) is 1.90. The van der Waals surface area contributed by atoms with Gasteiger partial charge in [0.2, 0.25) is 10.0 Å². The molecular formula is C13H26N2O2S. The predicted octanol–water partition coefficient (Wildman–Crippen LogP) is 2.96. The standard InChI is InChI=1S/C13H26N2O2S/c1-3-5-7-9-11-15-18(16,17)13(12-14)10-8-6-4-2/h13,15H,3-11H2,1-2H3. The normalized spacial score (nSPS) is 13.2. The Hall–Kier alpha value is -0.600. The Morgan fingerprint density at radius 3 is 2.22 bits per heavy atom. The van der Waals surface area contributed by atoms with Crippen molar-refractivity contribution in [2.45, 2.75) is 70.5 Å². The molecule has 1 unspecified atom stereocenters. The molecule has 0 radical (unpaired) electrons. The zero-order valence-electron chi connectivity index (χ0n) is 11.6. The highest BCUT2D eigenvalue weighted by atomic mass is 32.2. The van der Waals surface area contributed by atoms with E-state index < -0.39 is 15.3 Å². The highest BCUT2D eigenvalue weighted by Gasteiger charge is 2.23. The first-order chi connectivity index (χ1) is 8.58. The molecule has 0 saturated heterocycles. The van der Waals surface area contributed by atoms with Gasteiger partial charge < -0.3 is 0 Å². The summed E-state index contributed by atoms with van der Waals surface area (Å²) in [7, 11) is -3.45. The van der Waals surface area contributed by atoms with Crippen molar-refractivity contribution in [2.75, 3.05) is 6.54 Å². The van der Waals surface area contributed by atoms with E-state index in [1.54, 1.807) is 0 Å². The molecule has 106 valence electrons. The second kappa shape index (κ2) is 10.3. The maximum Gasteiger partial charge on any atom is 0.227 e. The lowest BCUT2D eigenvalue weighted by Crippen LogP contribution is -2.34. The lowest BCUT2D eigenvalue weighted by atomic mass is 10.2. The second-order valence-corrected chi connectivity index (χ2v) is 6.56. The van der Waals surface area contributed by atoms with Crippen LogP contribution in [0.5, 0.6) is 0 Å². The highest BCUT2D eigenvalue weighted by molar-refractivity contribution is 7.90. The van der Waals surface area contributed by atoms with Crippen LogP contribution in [0.4, 0.5) is 0 Å². The van der Waals surface area contributed by atoms with Crippen LogP contribution in [0.3, 0.4) is 0 Å². The molecule has 0 aliphatic heterocycles. The van der Waals surface area contributed by atoms with Gasteiger partial charge >= 0.3 is 0 Å². The molecule has 0 aromatic rings. The molecule has 0 rings (SSSR count). The van der Waals surface area contributed by atoms with E-state index in [9.17, 15) is 8.42 Å². The fourth-order valence-electron chi connectivity index (χ4n) is 1.74. The first-order valence-corrected chi connectivity index (χ1v) is 8.51. The SMILES string of the molecule is CCCCCCNS(=O)(=O)C(C#N)CCCCC. The van der Waals surface area contributed by atoms with E-state index in [-0.39, 0.29) is 0 Å². The van der Waals surface area contributed by atoms with Gasteiger partial charge in [-0.05, 0) is 12.8 Å². The molecule has 1 N–H and O–H groups in total. The van der Waals surface area contributed by atoms with Gasteiger partial charge in [-0.15, -0.1) is 0 Å². The minimum atomic E-state index is -3.45. The van der Waals surface area contributed by atoms with E-state index in [2.05, 4.69) is 18.6 Å². The number of sulfonamides is 1. The van der Waals surface area contributed by atoms with Crippen molar-refractivity contribution in [3.05, 3.63) is 0 Å². The lowest BCUT2D eigenvalue weighted by Gasteiger charge is -2.11. The van der Waals surface area contributed by atoms with Crippen LogP contribution in [0.1, 0.15) is 65.2 Å². The molecule has 5 heteroatoms. The van der Waals surface area contributed by atoms with Gasteiger partial charge in [0, 0.05) is 6.54 Å². The quantitative estimate of drug-likeness (QED) is 0.589. The minimum Gasteiger partial charge on any atom is -0.214 e. The van der Waals surface area contributed by atoms with Gasteiger partial charge in [-0.3, -0.25) is 0 Å². The molecule has 0 aliphatic rings. The maximum absolute atomic E-state index is 11.9. The van der Waals surface area contributed by atoms with Gasteiger partial charge in [0.1, 0.15) is 0 Å². The molecule has 0 aromatic heterocycles. The summed E-state index contributed by atoms with van der Waals surface area (Å²) in [4.78, 5) is 0. The first kappa shape index (κ1) is 17.4. The summed E-state index contributed by atoms with van der Waals surface area (Å²) in [6.07, 6.45) is 7.38. The van der Waals surface area contributed by atoms with Crippen LogP contribution in [-0.4, -0.2) is 20.2 Å². The van der Waals surface area contributed by atoms with Gasteiger partial charge in [0.15, 0.2) is 5.25 Å². The highest BCUT2D eigenvalue weighted by Crippen LogP contribution is 2.10. The van der Waals surface area contributed by atoms with Crippen molar-refractivity contribution in [2.24, 2.45) is 0 Å². The summed E-state index contributed by atoms with van der Waals surface area (Å²) in [6.45, 7) is 4.62. The number of nitriles is 1. The van der Waals surface area contributed by atoms with Gasteiger partial charge in [-0.1, -0.05) is 52.4 Å². The van der Waals surface area contributed by atoms with Crippen LogP contribution in [0.25, 0.3) is 0 Å². The van der Waals surface area contributed by atoms with Crippen LogP contribution < -0.4 is 4.72 Å². The van der Waals surface area contributed by atoms with E-state index in [0.29, 0.717) is 13.0 Å². The van der Waals surface area contributed by atoms with Crippen LogP contribution in [0.15, 0.2) is 0 Å². The van der Waals surface area contributed by atoms with E-state index in [1.807, 2.05) is 6.07 Å². The third kappa shape index (κ3) is 7.67. The average molecular weight is 274 g/mol. The fraction of sp³-hybridized carbons (Fsp3) is 0.923. The van der Waals surface area contributed by atoms with Crippen LogP contribution in [-0.2, 0) is 10.0 Å². The smallest absolute Gasteiger partial charge is 0.214 e. The van der Waals surface area contributed by atoms with Gasteiger partial charge in [-0.25, -0.2) is 13.1 Å². The van der Waals surface area contributed by atoms with Crippen molar-refractivity contribution < 1.29 is 8.42 Å². The van der Waals surface area contributed by atoms with E-state index in [4.69, 9.17) is 5.26 Å². The van der Waals surface area contributed by atoms with Gasteiger partial charge in [-0.2, -0.15) is 5.26 Å². The Labute approximate surface area is 112 Å². The predicted molar refractivity (Wildman–Crippen MR) is 74.6 cm³/mol. The maximum atomic E-state index is 11.9. The Morgan fingerprint density at radius 1 is 1.06 bits per heavy atom. The molecule has 0 aliphatic carbocycles. The summed E-state index contributed by atoms with van der Waals surface area (Å²) in [5.41, 5.74) is 0. The zero-order chi connectivity index (χ0) is 13.9. The monoisotopic (exact) mass is 274 g/mol. The van der Waals surface area contributed by atoms with Crippen molar-refractivity contribution in [1.82, 2.24) is 4.72 Å². The number of hydrogen-bond acceptors (Lipinski definition) is 3. The van der Waals surface area contributed by atoms with Gasteiger partial charge in [0.25, 0.3) is 0 Å². The molecule has 0 saturated carbocycles. The van der Waals surface area contributed by atoms with Crippen molar-refractivity contribution in [1.29, 1.82) is 5.26 Å².